The number of nitrogens with one attached hydrogen (secondary N) is 1. The van der Waals surface area contributed by atoms with Crippen molar-refractivity contribution in [1.82, 2.24) is 5.32 Å². The molecule has 0 unspecified atom stereocenters. The minimum absolute atomic E-state index is 0.596. The summed E-state index contributed by atoms with van der Waals surface area (Å²) in [6.45, 7) is 2.47. The Morgan fingerprint density at radius 2 is 2.33 bits per heavy atom. The molecule has 1 aliphatic rings. The molecule has 3 nitrogen and oxygen atoms in total. The monoisotopic (exact) mass is 127 g/mol. The molecule has 9 heavy (non-hydrogen) atoms. The van der Waals surface area contributed by atoms with Crippen LogP contribution >= 0.6 is 0 Å². The molecule has 0 atom stereocenters. The summed E-state index contributed by atoms with van der Waals surface area (Å²) in [5.74, 6) is 0. The Kier molecular flexibility index (Phi) is 2.08. The Morgan fingerprint density at radius 3 is 2.78 bits per heavy atom. The number of rotatable bonds is 1. The van der Waals surface area contributed by atoms with E-state index in [1.54, 1.807) is 0 Å². The summed E-state index contributed by atoms with van der Waals surface area (Å²) in [5.41, 5.74) is 13.2. The highest BCUT2D eigenvalue weighted by Crippen LogP contribution is 2.03. The van der Waals surface area contributed by atoms with Gasteiger partial charge in [0.1, 0.15) is 0 Å². The molecule has 0 aromatic carbocycles. The Labute approximate surface area is 55.1 Å². The predicted molar refractivity (Wildman–Crippen MR) is 37.8 cm³/mol. The molecule has 0 saturated heterocycles. The van der Waals surface area contributed by atoms with Crippen molar-refractivity contribution in [3.63, 3.8) is 0 Å². The molecule has 0 bridgehead atoms. The van der Waals surface area contributed by atoms with E-state index in [-0.39, 0.29) is 0 Å². The van der Waals surface area contributed by atoms with Crippen LogP contribution < -0.4 is 16.8 Å². The molecule has 1 rings (SSSR count). The Bertz CT molecular complexity index is 128. The third-order valence-electron chi connectivity index (χ3n) is 1.61. The largest absolute Gasteiger partial charge is 0.402 e. The molecule has 0 fully saturated rings. The minimum Gasteiger partial charge on any atom is -0.402 e. The summed E-state index contributed by atoms with van der Waals surface area (Å²) >= 11 is 0. The van der Waals surface area contributed by atoms with Gasteiger partial charge in [-0.25, -0.2) is 0 Å². The summed E-state index contributed by atoms with van der Waals surface area (Å²) in [6, 6.07) is 0. The van der Waals surface area contributed by atoms with Crippen molar-refractivity contribution in [2.24, 2.45) is 11.5 Å². The zero-order chi connectivity index (χ0) is 6.69. The smallest absolute Gasteiger partial charge is 0.0197 e. The third-order valence-corrected chi connectivity index (χ3v) is 1.61. The van der Waals surface area contributed by atoms with Gasteiger partial charge in [-0.15, -0.1) is 0 Å². The van der Waals surface area contributed by atoms with E-state index in [2.05, 4.69) is 5.32 Å². The van der Waals surface area contributed by atoms with Crippen molar-refractivity contribution >= 4 is 0 Å². The van der Waals surface area contributed by atoms with E-state index >= 15 is 0 Å². The molecule has 3 heteroatoms. The van der Waals surface area contributed by atoms with Crippen molar-refractivity contribution in [2.45, 2.75) is 6.42 Å². The van der Waals surface area contributed by atoms with Crippen LogP contribution in [0.3, 0.4) is 0 Å². The van der Waals surface area contributed by atoms with E-state index in [0.29, 0.717) is 6.54 Å². The van der Waals surface area contributed by atoms with Crippen LogP contribution in [-0.4, -0.2) is 19.6 Å². The van der Waals surface area contributed by atoms with Gasteiger partial charge in [-0.3, -0.25) is 0 Å². The summed E-state index contributed by atoms with van der Waals surface area (Å²) < 4.78 is 0. The molecule has 1 aliphatic heterocycles. The normalized spacial score (nSPS) is 20.6. The van der Waals surface area contributed by atoms with Crippen LogP contribution in [0.1, 0.15) is 6.42 Å². The van der Waals surface area contributed by atoms with Crippen molar-refractivity contribution in [3.8, 4) is 0 Å². The predicted octanol–water partition coefficient (Wildman–Crippen LogP) is -0.849. The van der Waals surface area contributed by atoms with Gasteiger partial charge in [0.15, 0.2) is 0 Å². The quantitative estimate of drug-likeness (QED) is 0.430. The molecule has 5 N–H and O–H groups in total. The second-order valence-electron chi connectivity index (χ2n) is 2.26. The van der Waals surface area contributed by atoms with Gasteiger partial charge in [0.25, 0.3) is 0 Å². The lowest BCUT2D eigenvalue weighted by Gasteiger charge is -2.16. The van der Waals surface area contributed by atoms with Gasteiger partial charge in [-0.2, -0.15) is 0 Å². The van der Waals surface area contributed by atoms with Crippen molar-refractivity contribution < 1.29 is 0 Å². The van der Waals surface area contributed by atoms with Crippen LogP contribution in [0.15, 0.2) is 11.3 Å². The molecule has 0 spiro atoms. The van der Waals surface area contributed by atoms with Crippen LogP contribution in [0.2, 0.25) is 0 Å². The van der Waals surface area contributed by atoms with E-state index in [1.165, 1.54) is 5.57 Å². The van der Waals surface area contributed by atoms with Crippen LogP contribution in [-0.2, 0) is 0 Å². The molecule has 0 amide bonds. The zero-order valence-corrected chi connectivity index (χ0v) is 5.48. The van der Waals surface area contributed by atoms with E-state index in [1.807, 2.05) is 0 Å². The zero-order valence-electron chi connectivity index (χ0n) is 5.48. The van der Waals surface area contributed by atoms with Crippen molar-refractivity contribution in [1.29, 1.82) is 0 Å². The molecule has 0 aromatic heterocycles. The Balaban J connectivity index is 2.59. The van der Waals surface area contributed by atoms with Gasteiger partial charge >= 0.3 is 0 Å². The lowest BCUT2D eigenvalue weighted by atomic mass is 10.1. The summed E-state index contributed by atoms with van der Waals surface area (Å²) in [4.78, 5) is 0. The van der Waals surface area contributed by atoms with Crippen molar-refractivity contribution in [2.75, 3.05) is 19.6 Å². The molecule has 0 aromatic rings. The highest BCUT2D eigenvalue weighted by atomic mass is 14.9. The Morgan fingerprint density at radius 1 is 1.56 bits per heavy atom. The van der Waals surface area contributed by atoms with Gasteiger partial charge < -0.3 is 16.8 Å². The molecule has 0 radical (unpaired) electrons. The second kappa shape index (κ2) is 2.85. The van der Waals surface area contributed by atoms with E-state index < -0.39 is 0 Å². The maximum atomic E-state index is 5.65. The lowest BCUT2D eigenvalue weighted by Crippen LogP contribution is -2.30. The fraction of sp³-hybridized carbons (Fsp3) is 0.667. The van der Waals surface area contributed by atoms with Gasteiger partial charge in [-0.05, 0) is 12.0 Å². The fourth-order valence-electron chi connectivity index (χ4n) is 0.956. The topological polar surface area (TPSA) is 64.1 Å². The fourth-order valence-corrected chi connectivity index (χ4v) is 0.956. The van der Waals surface area contributed by atoms with E-state index in [9.17, 15) is 0 Å². The lowest BCUT2D eigenvalue weighted by molar-refractivity contribution is 0.662. The summed E-state index contributed by atoms with van der Waals surface area (Å²) in [6.07, 6.45) is 0.951. The second-order valence-corrected chi connectivity index (χ2v) is 2.26. The molecular formula is C6H13N3. The van der Waals surface area contributed by atoms with E-state index in [0.717, 1.165) is 25.2 Å². The molecular weight excluding hydrogens is 114 g/mol. The highest BCUT2D eigenvalue weighted by molar-refractivity contribution is 5.16. The molecule has 52 valence electrons. The van der Waals surface area contributed by atoms with Gasteiger partial charge in [0.05, 0.1) is 0 Å². The average Bonchev–Trinajstić information content (AvgIpc) is 1.89. The Hall–Kier alpha value is -0.540. The van der Waals surface area contributed by atoms with E-state index in [4.69, 9.17) is 11.5 Å². The molecule has 0 aliphatic carbocycles. The standard InChI is InChI=1S/C6H13N3/c7-3-5-4-9-2-1-6(5)8/h9H,1-4,7-8H2. The van der Waals surface area contributed by atoms with Crippen LogP contribution in [0, 0.1) is 0 Å². The molecule has 1 heterocycles. The van der Waals surface area contributed by atoms with Gasteiger partial charge in [0, 0.05) is 25.3 Å². The first-order valence-electron chi connectivity index (χ1n) is 3.21. The van der Waals surface area contributed by atoms with Crippen LogP contribution in [0.5, 0.6) is 0 Å². The van der Waals surface area contributed by atoms with Crippen molar-refractivity contribution in [3.05, 3.63) is 11.3 Å². The maximum Gasteiger partial charge on any atom is 0.0197 e. The summed E-state index contributed by atoms with van der Waals surface area (Å²) in [7, 11) is 0. The first-order valence-corrected chi connectivity index (χ1v) is 3.21. The number of nitrogens with two attached hydrogens (primary N) is 2. The average molecular weight is 127 g/mol. The summed E-state index contributed by atoms with van der Waals surface area (Å²) in [5, 5.41) is 3.20. The molecule has 0 saturated carbocycles. The van der Waals surface area contributed by atoms with Crippen LogP contribution in [0.4, 0.5) is 0 Å². The minimum atomic E-state index is 0.596. The SMILES string of the molecule is NCC1=C(N)CCNC1. The first kappa shape index (κ1) is 6.58. The first-order chi connectivity index (χ1) is 4.34. The van der Waals surface area contributed by atoms with Gasteiger partial charge in [0.2, 0.25) is 0 Å². The number of hydrogen-bond acceptors (Lipinski definition) is 3. The number of hydrogen-bond donors (Lipinski definition) is 3. The van der Waals surface area contributed by atoms with Crippen LogP contribution in [0.25, 0.3) is 0 Å². The third kappa shape index (κ3) is 1.43. The maximum absolute atomic E-state index is 5.65. The highest BCUT2D eigenvalue weighted by Gasteiger charge is 2.05. The van der Waals surface area contributed by atoms with Gasteiger partial charge in [-0.1, -0.05) is 0 Å².